The number of nitrogens with one attached hydrogen (secondary N) is 1. The van der Waals surface area contributed by atoms with Crippen molar-refractivity contribution in [1.29, 1.82) is 0 Å². The van der Waals surface area contributed by atoms with Gasteiger partial charge in [0, 0.05) is 11.6 Å². The second kappa shape index (κ2) is 7.75. The highest BCUT2D eigenvalue weighted by Crippen LogP contribution is 2.16. The van der Waals surface area contributed by atoms with Gasteiger partial charge in [-0.05, 0) is 31.2 Å². The third-order valence-corrected chi connectivity index (χ3v) is 3.34. The van der Waals surface area contributed by atoms with Gasteiger partial charge in [0.25, 0.3) is 5.91 Å². The van der Waals surface area contributed by atoms with Crippen LogP contribution in [-0.4, -0.2) is 46.5 Å². The van der Waals surface area contributed by atoms with Crippen LogP contribution in [0.5, 0.6) is 0 Å². The number of hydrogen-bond donors (Lipinski definition) is 2. The lowest BCUT2D eigenvalue weighted by molar-refractivity contribution is -0.142. The number of carboxylic acids is 1. The zero-order chi connectivity index (χ0) is 16.8. The van der Waals surface area contributed by atoms with Crippen molar-refractivity contribution in [3.05, 3.63) is 46.7 Å². The number of hydrogen-bond acceptors (Lipinski definition) is 4. The fraction of sp³-hybridized carbons (Fsp3) is 0.267. The fourth-order valence-corrected chi connectivity index (χ4v) is 2.09. The van der Waals surface area contributed by atoms with E-state index in [9.17, 15) is 9.59 Å². The molecule has 0 bridgehead atoms. The van der Waals surface area contributed by atoms with E-state index < -0.39 is 5.97 Å². The molecule has 1 amide bonds. The molecule has 0 aliphatic rings. The minimum atomic E-state index is -1.04. The molecule has 0 atom stereocenters. The summed E-state index contributed by atoms with van der Waals surface area (Å²) >= 11 is 5.85. The molecule has 7 nitrogen and oxygen atoms in total. The lowest BCUT2D eigenvalue weighted by atomic mass is 10.2. The maximum absolute atomic E-state index is 12.1. The molecule has 0 fully saturated rings. The Hall–Kier alpha value is -2.38. The summed E-state index contributed by atoms with van der Waals surface area (Å²) < 4.78 is 6.49. The van der Waals surface area contributed by atoms with E-state index in [0.29, 0.717) is 16.3 Å². The largest absolute Gasteiger partial charge is 0.480 e. The summed E-state index contributed by atoms with van der Waals surface area (Å²) in [5.41, 5.74) is 1.94. The summed E-state index contributed by atoms with van der Waals surface area (Å²) in [4.78, 5) is 22.4. The number of amides is 1. The zero-order valence-electron chi connectivity index (χ0n) is 12.5. The van der Waals surface area contributed by atoms with E-state index in [4.69, 9.17) is 21.4 Å². The molecule has 0 aliphatic heterocycles. The highest BCUT2D eigenvalue weighted by molar-refractivity contribution is 6.30. The van der Waals surface area contributed by atoms with Gasteiger partial charge in [-0.3, -0.25) is 4.79 Å². The van der Waals surface area contributed by atoms with Crippen LogP contribution in [0.25, 0.3) is 5.69 Å². The van der Waals surface area contributed by atoms with Crippen molar-refractivity contribution in [3.63, 3.8) is 0 Å². The Morgan fingerprint density at radius 2 is 2.04 bits per heavy atom. The molecule has 23 heavy (non-hydrogen) atoms. The SMILES string of the molecule is Cc1c(C(=O)NCCOCC(=O)O)cnn1-c1ccc(Cl)cc1. The van der Waals surface area contributed by atoms with Gasteiger partial charge in [-0.25, -0.2) is 9.48 Å². The van der Waals surface area contributed by atoms with Crippen molar-refractivity contribution in [2.45, 2.75) is 6.92 Å². The number of ether oxygens (including phenoxy) is 1. The number of carbonyl (C=O) groups is 2. The topological polar surface area (TPSA) is 93.4 Å². The van der Waals surface area contributed by atoms with E-state index in [2.05, 4.69) is 10.4 Å². The van der Waals surface area contributed by atoms with Crippen molar-refractivity contribution in [2.75, 3.05) is 19.8 Å². The zero-order valence-corrected chi connectivity index (χ0v) is 13.2. The number of rotatable bonds is 7. The summed E-state index contributed by atoms with van der Waals surface area (Å²) in [7, 11) is 0. The predicted octanol–water partition coefficient (Wildman–Crippen LogP) is 1.67. The Balaban J connectivity index is 1.97. The molecule has 0 spiro atoms. The summed E-state index contributed by atoms with van der Waals surface area (Å²) in [5, 5.41) is 15.9. The van der Waals surface area contributed by atoms with Gasteiger partial charge in [-0.15, -0.1) is 0 Å². The van der Waals surface area contributed by atoms with Crippen LogP contribution in [0, 0.1) is 6.92 Å². The molecule has 0 saturated heterocycles. The van der Waals surface area contributed by atoms with Crippen molar-refractivity contribution in [1.82, 2.24) is 15.1 Å². The third-order valence-electron chi connectivity index (χ3n) is 3.08. The quantitative estimate of drug-likeness (QED) is 0.749. The van der Waals surface area contributed by atoms with E-state index in [1.54, 1.807) is 23.7 Å². The summed E-state index contributed by atoms with van der Waals surface area (Å²) in [6.07, 6.45) is 1.48. The van der Waals surface area contributed by atoms with Crippen LogP contribution in [0.1, 0.15) is 16.1 Å². The molecular formula is C15H16ClN3O4. The third kappa shape index (κ3) is 4.54. The average Bonchev–Trinajstić information content (AvgIpc) is 2.89. The van der Waals surface area contributed by atoms with Crippen molar-refractivity contribution in [3.8, 4) is 5.69 Å². The molecule has 1 aromatic heterocycles. The van der Waals surface area contributed by atoms with E-state index in [-0.39, 0.29) is 25.7 Å². The second-order valence-electron chi connectivity index (χ2n) is 4.73. The minimum absolute atomic E-state index is 0.127. The molecule has 1 aromatic carbocycles. The van der Waals surface area contributed by atoms with Crippen LogP contribution in [0.4, 0.5) is 0 Å². The molecule has 0 radical (unpaired) electrons. The number of carbonyl (C=O) groups excluding carboxylic acids is 1. The average molecular weight is 338 g/mol. The van der Waals surface area contributed by atoms with Crippen LogP contribution >= 0.6 is 11.6 Å². The number of benzene rings is 1. The Morgan fingerprint density at radius 1 is 1.35 bits per heavy atom. The molecule has 8 heteroatoms. The number of halogens is 1. The van der Waals surface area contributed by atoms with Gasteiger partial charge in [0.2, 0.25) is 0 Å². The lowest BCUT2D eigenvalue weighted by Crippen LogP contribution is -2.28. The monoisotopic (exact) mass is 337 g/mol. The Bertz CT molecular complexity index is 697. The van der Waals surface area contributed by atoms with Gasteiger partial charge >= 0.3 is 5.97 Å². The second-order valence-corrected chi connectivity index (χ2v) is 5.17. The fourth-order valence-electron chi connectivity index (χ4n) is 1.97. The molecule has 0 saturated carbocycles. The van der Waals surface area contributed by atoms with Crippen molar-refractivity contribution < 1.29 is 19.4 Å². The Labute approximate surface area is 137 Å². The predicted molar refractivity (Wildman–Crippen MR) is 84.1 cm³/mol. The van der Waals surface area contributed by atoms with Crippen LogP contribution in [0.3, 0.4) is 0 Å². The van der Waals surface area contributed by atoms with E-state index in [0.717, 1.165) is 5.69 Å². The molecular weight excluding hydrogens is 322 g/mol. The van der Waals surface area contributed by atoms with Crippen LogP contribution in [0.15, 0.2) is 30.5 Å². The van der Waals surface area contributed by atoms with Gasteiger partial charge in [0.05, 0.1) is 29.7 Å². The summed E-state index contributed by atoms with van der Waals surface area (Å²) in [6, 6.07) is 7.11. The smallest absolute Gasteiger partial charge is 0.329 e. The van der Waals surface area contributed by atoms with Gasteiger partial charge in [0.1, 0.15) is 6.61 Å². The lowest BCUT2D eigenvalue weighted by Gasteiger charge is -2.07. The minimum Gasteiger partial charge on any atom is -0.480 e. The van der Waals surface area contributed by atoms with Gasteiger partial charge < -0.3 is 15.2 Å². The standard InChI is InChI=1S/C15H16ClN3O4/c1-10-13(15(22)17-6-7-23-9-14(20)21)8-18-19(10)12-4-2-11(16)3-5-12/h2-5,8H,6-7,9H2,1H3,(H,17,22)(H,20,21). The maximum atomic E-state index is 12.1. The number of aromatic nitrogens is 2. The molecule has 0 unspecified atom stereocenters. The molecule has 0 aliphatic carbocycles. The van der Waals surface area contributed by atoms with E-state index in [1.807, 2.05) is 12.1 Å². The first kappa shape index (κ1) is 17.0. The highest BCUT2D eigenvalue weighted by Gasteiger charge is 2.14. The van der Waals surface area contributed by atoms with Gasteiger partial charge in [-0.1, -0.05) is 11.6 Å². The maximum Gasteiger partial charge on any atom is 0.329 e. The summed E-state index contributed by atoms with van der Waals surface area (Å²) in [6.45, 7) is 1.75. The van der Waals surface area contributed by atoms with E-state index >= 15 is 0 Å². The molecule has 2 rings (SSSR count). The first-order valence-corrected chi connectivity index (χ1v) is 7.25. The summed E-state index contributed by atoms with van der Waals surface area (Å²) in [5.74, 6) is -1.34. The number of aliphatic carboxylic acids is 1. The first-order valence-electron chi connectivity index (χ1n) is 6.87. The Morgan fingerprint density at radius 3 is 2.70 bits per heavy atom. The van der Waals surface area contributed by atoms with Gasteiger partial charge in [0.15, 0.2) is 0 Å². The number of carboxylic acid groups (broad SMARTS) is 1. The molecule has 1 heterocycles. The van der Waals surface area contributed by atoms with Crippen LogP contribution < -0.4 is 5.32 Å². The van der Waals surface area contributed by atoms with Crippen LogP contribution in [0.2, 0.25) is 5.02 Å². The molecule has 2 aromatic rings. The Kier molecular flexibility index (Phi) is 5.72. The number of nitrogens with zero attached hydrogens (tertiary/aromatic N) is 2. The first-order chi connectivity index (χ1) is 11.0. The molecule has 2 N–H and O–H groups in total. The molecule has 122 valence electrons. The van der Waals surface area contributed by atoms with E-state index in [1.165, 1.54) is 6.20 Å². The van der Waals surface area contributed by atoms with Crippen molar-refractivity contribution >= 4 is 23.5 Å². The van der Waals surface area contributed by atoms with Gasteiger partial charge in [-0.2, -0.15) is 5.10 Å². The van der Waals surface area contributed by atoms with Crippen molar-refractivity contribution in [2.24, 2.45) is 0 Å². The van der Waals surface area contributed by atoms with Crippen LogP contribution in [-0.2, 0) is 9.53 Å². The highest BCUT2D eigenvalue weighted by atomic mass is 35.5. The normalized spacial score (nSPS) is 10.5.